The van der Waals surface area contributed by atoms with E-state index in [2.05, 4.69) is 63.4 Å². The van der Waals surface area contributed by atoms with E-state index in [-0.39, 0.29) is 0 Å². The van der Waals surface area contributed by atoms with E-state index >= 15 is 0 Å². The van der Waals surface area contributed by atoms with Crippen LogP contribution in [-0.4, -0.2) is 35.7 Å². The smallest absolute Gasteiger partial charge is 0.0824 e. The summed E-state index contributed by atoms with van der Waals surface area (Å²) in [5.41, 5.74) is 6.20. The van der Waals surface area contributed by atoms with Gasteiger partial charge in [0.05, 0.1) is 16.7 Å². The summed E-state index contributed by atoms with van der Waals surface area (Å²) >= 11 is 0. The average Bonchev–Trinajstić information content (AvgIpc) is 3.48. The molecule has 4 aliphatic rings. The number of fused-ring (bicyclic) bond motifs is 5. The molecular formula is C22H22N4. The zero-order valence-corrected chi connectivity index (χ0v) is 14.8. The number of hydrogen-bond acceptors (Lipinski definition) is 3. The number of aromatic nitrogens is 2. The quantitative estimate of drug-likeness (QED) is 0.597. The van der Waals surface area contributed by atoms with Crippen LogP contribution in [0.25, 0.3) is 33.1 Å². The number of nitrogens with one attached hydrogen (secondary N) is 1. The van der Waals surface area contributed by atoms with Gasteiger partial charge in [0.15, 0.2) is 0 Å². The lowest BCUT2D eigenvalue weighted by Crippen LogP contribution is -2.43. The Bertz CT molecular complexity index is 1090. The molecule has 1 saturated carbocycles. The molecule has 4 nitrogen and oxygen atoms in total. The maximum Gasteiger partial charge on any atom is 0.0824 e. The Labute approximate surface area is 152 Å². The van der Waals surface area contributed by atoms with E-state index < -0.39 is 0 Å². The highest BCUT2D eigenvalue weighted by Gasteiger charge is 2.27. The first-order chi connectivity index (χ1) is 12.9. The van der Waals surface area contributed by atoms with Crippen molar-refractivity contribution in [3.8, 4) is 11.3 Å². The van der Waals surface area contributed by atoms with Crippen LogP contribution in [0.4, 0.5) is 5.69 Å². The van der Waals surface area contributed by atoms with E-state index in [1.807, 2.05) is 0 Å². The molecule has 26 heavy (non-hydrogen) atoms. The number of piperazine rings is 1. The van der Waals surface area contributed by atoms with Crippen LogP contribution in [0.3, 0.4) is 0 Å². The monoisotopic (exact) mass is 342 g/mol. The van der Waals surface area contributed by atoms with Crippen LogP contribution < -0.4 is 10.2 Å². The zero-order valence-electron chi connectivity index (χ0n) is 14.8. The Morgan fingerprint density at radius 2 is 1.81 bits per heavy atom. The van der Waals surface area contributed by atoms with Crippen molar-refractivity contribution in [1.82, 2.24) is 14.9 Å². The van der Waals surface area contributed by atoms with Gasteiger partial charge in [0, 0.05) is 60.4 Å². The molecule has 130 valence electrons. The number of hydrogen-bond donors (Lipinski definition) is 1. The summed E-state index contributed by atoms with van der Waals surface area (Å²) in [7, 11) is 0. The van der Waals surface area contributed by atoms with Crippen LogP contribution in [0.15, 0.2) is 48.7 Å². The maximum atomic E-state index is 4.97. The molecule has 1 saturated heterocycles. The van der Waals surface area contributed by atoms with E-state index in [9.17, 15) is 0 Å². The fourth-order valence-corrected chi connectivity index (χ4v) is 4.36. The first kappa shape index (κ1) is 14.6. The van der Waals surface area contributed by atoms with Gasteiger partial charge in [-0.1, -0.05) is 18.2 Å². The molecule has 1 aliphatic carbocycles. The molecule has 0 spiro atoms. The van der Waals surface area contributed by atoms with Gasteiger partial charge in [-0.05, 0) is 37.1 Å². The largest absolute Gasteiger partial charge is 0.369 e. The first-order valence-electron chi connectivity index (χ1n) is 9.67. The van der Waals surface area contributed by atoms with Crippen LogP contribution in [0, 0.1) is 0 Å². The normalized spacial score (nSPS) is 18.2. The molecule has 0 radical (unpaired) electrons. The standard InChI is InChI=1S/C22H22N4/c1-2-4-20-17(3-1)19-14-26(15-5-6-15)21-13-16(25-11-9-23-10-12-25)7-8-18(21)22(19)24-20/h1-4,7-8,13-15,23H,5-6,9-12H2. The summed E-state index contributed by atoms with van der Waals surface area (Å²) in [4.78, 5) is 7.46. The van der Waals surface area contributed by atoms with Crippen molar-refractivity contribution in [1.29, 1.82) is 0 Å². The average molecular weight is 342 g/mol. The second kappa shape index (κ2) is 5.45. The second-order valence-electron chi connectivity index (χ2n) is 7.60. The third kappa shape index (κ3) is 2.15. The topological polar surface area (TPSA) is 33.1 Å². The number of pyridine rings is 1. The van der Waals surface area contributed by atoms with Gasteiger partial charge in [-0.25, -0.2) is 4.98 Å². The summed E-state index contributed by atoms with van der Waals surface area (Å²) in [5.74, 6) is 0. The molecule has 0 bridgehead atoms. The Kier molecular flexibility index (Phi) is 3.05. The van der Waals surface area contributed by atoms with E-state index in [0.29, 0.717) is 6.04 Å². The molecule has 3 aliphatic heterocycles. The summed E-state index contributed by atoms with van der Waals surface area (Å²) in [5, 5.41) is 5.99. The van der Waals surface area contributed by atoms with Crippen molar-refractivity contribution in [2.75, 3.05) is 31.1 Å². The third-order valence-corrected chi connectivity index (χ3v) is 5.89. The van der Waals surface area contributed by atoms with Gasteiger partial charge in [-0.3, -0.25) is 0 Å². The highest BCUT2D eigenvalue weighted by Crippen LogP contribution is 2.43. The van der Waals surface area contributed by atoms with E-state index in [1.165, 1.54) is 40.4 Å². The fourth-order valence-electron chi connectivity index (χ4n) is 4.36. The van der Waals surface area contributed by atoms with Gasteiger partial charge in [-0.2, -0.15) is 0 Å². The molecule has 6 rings (SSSR count). The number of rotatable bonds is 2. The van der Waals surface area contributed by atoms with Crippen molar-refractivity contribution in [2.24, 2.45) is 0 Å². The number of para-hydroxylation sites is 1. The van der Waals surface area contributed by atoms with Gasteiger partial charge < -0.3 is 14.8 Å². The minimum Gasteiger partial charge on any atom is -0.369 e. The van der Waals surface area contributed by atoms with Crippen LogP contribution in [0.5, 0.6) is 0 Å². The van der Waals surface area contributed by atoms with Crippen LogP contribution in [-0.2, 0) is 0 Å². The first-order valence-corrected chi connectivity index (χ1v) is 9.67. The van der Waals surface area contributed by atoms with Gasteiger partial charge in [0.1, 0.15) is 0 Å². The Morgan fingerprint density at radius 1 is 0.962 bits per heavy atom. The SMILES string of the molecule is c1ccc2c3cn(C4CC4)c4cc(N5CCNCC5)ccc4c-3nc2c1. The Balaban J connectivity index is 1.63. The number of anilines is 1. The summed E-state index contributed by atoms with van der Waals surface area (Å²) < 4.78 is 2.51. The fraction of sp³-hybridized carbons (Fsp3) is 0.318. The number of benzene rings is 2. The molecule has 3 heterocycles. The van der Waals surface area contributed by atoms with Crippen LogP contribution >= 0.6 is 0 Å². The van der Waals surface area contributed by atoms with Crippen molar-refractivity contribution in [3.05, 3.63) is 48.7 Å². The van der Waals surface area contributed by atoms with Gasteiger partial charge in [0.25, 0.3) is 0 Å². The zero-order chi connectivity index (χ0) is 17.1. The minimum atomic E-state index is 0.647. The van der Waals surface area contributed by atoms with E-state index in [4.69, 9.17) is 4.98 Å². The lowest BCUT2D eigenvalue weighted by atomic mass is 10.0. The molecule has 4 heteroatoms. The van der Waals surface area contributed by atoms with Gasteiger partial charge in [0.2, 0.25) is 0 Å². The Hall–Kier alpha value is -2.59. The molecule has 2 aromatic rings. The van der Waals surface area contributed by atoms with Crippen molar-refractivity contribution in [3.63, 3.8) is 0 Å². The van der Waals surface area contributed by atoms with Crippen LogP contribution in [0.2, 0.25) is 0 Å². The molecule has 0 atom stereocenters. The predicted molar refractivity (Wildman–Crippen MR) is 107 cm³/mol. The molecule has 2 aromatic carbocycles. The molecule has 0 aromatic heterocycles. The summed E-state index contributed by atoms with van der Waals surface area (Å²) in [6.45, 7) is 4.29. The van der Waals surface area contributed by atoms with Gasteiger partial charge in [-0.15, -0.1) is 0 Å². The highest BCUT2D eigenvalue weighted by molar-refractivity contribution is 6.06. The van der Waals surface area contributed by atoms with Gasteiger partial charge >= 0.3 is 0 Å². The lowest BCUT2D eigenvalue weighted by molar-refractivity contribution is 0.589. The predicted octanol–water partition coefficient (Wildman–Crippen LogP) is 4.04. The molecule has 0 unspecified atom stereocenters. The summed E-state index contributed by atoms with van der Waals surface area (Å²) in [6.07, 6.45) is 4.93. The lowest BCUT2D eigenvalue weighted by Gasteiger charge is -2.30. The molecule has 0 amide bonds. The second-order valence-corrected chi connectivity index (χ2v) is 7.60. The molecular weight excluding hydrogens is 320 g/mol. The van der Waals surface area contributed by atoms with Crippen LogP contribution in [0.1, 0.15) is 18.9 Å². The Morgan fingerprint density at radius 3 is 2.65 bits per heavy atom. The molecule has 2 fully saturated rings. The van der Waals surface area contributed by atoms with Crippen molar-refractivity contribution in [2.45, 2.75) is 18.9 Å². The van der Waals surface area contributed by atoms with E-state index in [1.54, 1.807) is 0 Å². The highest BCUT2D eigenvalue weighted by atomic mass is 15.2. The minimum absolute atomic E-state index is 0.647. The number of nitrogens with zero attached hydrogens (tertiary/aromatic N) is 3. The van der Waals surface area contributed by atoms with Crippen molar-refractivity contribution >= 4 is 27.5 Å². The summed E-state index contributed by atoms with van der Waals surface area (Å²) in [6, 6.07) is 16.1. The molecule has 1 N–H and O–H groups in total. The third-order valence-electron chi connectivity index (χ3n) is 5.89. The van der Waals surface area contributed by atoms with Crippen molar-refractivity contribution < 1.29 is 0 Å². The maximum absolute atomic E-state index is 4.97. The van der Waals surface area contributed by atoms with E-state index in [0.717, 1.165) is 37.4 Å².